The monoisotopic (exact) mass is 622 g/mol. The van der Waals surface area contributed by atoms with Gasteiger partial charge in [-0.3, -0.25) is 9.23 Å². The van der Waals surface area contributed by atoms with E-state index in [9.17, 15) is 8.42 Å². The molecule has 3 heterocycles. The Hall–Kier alpha value is -2.29. The maximum absolute atomic E-state index is 10.8. The van der Waals surface area contributed by atoms with Gasteiger partial charge < -0.3 is 18.6 Å². The minimum Gasteiger partial charge on any atom is -0.543 e. The molecule has 0 radical (unpaired) electrons. The highest BCUT2D eigenvalue weighted by Crippen LogP contribution is 2.40. The van der Waals surface area contributed by atoms with Gasteiger partial charge in [-0.15, -0.1) is 0 Å². The summed E-state index contributed by atoms with van der Waals surface area (Å²) in [4.78, 5) is 0. The van der Waals surface area contributed by atoms with E-state index in [-0.39, 0.29) is 36.1 Å². The summed E-state index contributed by atoms with van der Waals surface area (Å²) in [5.74, 6) is 0.549. The fraction of sp³-hybridized carbons (Fsp3) is 0.655. The van der Waals surface area contributed by atoms with Crippen molar-refractivity contribution >= 4 is 29.3 Å². The van der Waals surface area contributed by atoms with Gasteiger partial charge >= 0.3 is 0 Å². The first-order valence-corrected chi connectivity index (χ1v) is 19.2. The molecule has 11 nitrogen and oxygen atoms in total. The van der Waals surface area contributed by atoms with Crippen LogP contribution in [0.15, 0.2) is 30.6 Å². The maximum atomic E-state index is 10.8. The van der Waals surface area contributed by atoms with Crippen LogP contribution in [-0.2, 0) is 24.3 Å². The summed E-state index contributed by atoms with van der Waals surface area (Å²) in [6, 6.07) is 6.23. The zero-order valence-electron chi connectivity index (χ0n) is 25.7. The number of hydrogen-bond donors (Lipinski definition) is 1. The number of ether oxygens (including phenoxy) is 3. The molecule has 3 aromatic rings. The number of aromatic nitrogens is 4. The van der Waals surface area contributed by atoms with Crippen molar-refractivity contribution in [2.75, 3.05) is 38.8 Å². The second kappa shape index (κ2) is 13.6. The van der Waals surface area contributed by atoms with Crippen molar-refractivity contribution in [1.82, 2.24) is 19.6 Å². The molecule has 0 amide bonds. The fourth-order valence-corrected chi connectivity index (χ4v) is 6.08. The molecule has 2 atom stereocenters. The molecule has 234 valence electrons. The lowest BCUT2D eigenvalue weighted by molar-refractivity contribution is -0.0365. The lowest BCUT2D eigenvalue weighted by Gasteiger charge is -2.36. The van der Waals surface area contributed by atoms with E-state index in [1.807, 2.05) is 28.7 Å². The first kappa shape index (κ1) is 32.6. The highest BCUT2D eigenvalue weighted by molar-refractivity contribution is 7.85. The predicted molar refractivity (Wildman–Crippen MR) is 165 cm³/mol. The molecular weight excluding hydrogens is 576 g/mol. The first-order valence-electron chi connectivity index (χ1n) is 14.7. The summed E-state index contributed by atoms with van der Waals surface area (Å²) >= 11 is 0. The third-order valence-corrected chi connectivity index (χ3v) is 13.2. The SMILES string of the molecule is C[C@@H](COCCOCCCS(=O)(=O)O)n1cc(-c2nn(C3CCCCO3)c3ccc(O[Si](C)(C)C(C)(C)C)cc23)cn1. The molecule has 1 unspecified atom stereocenters. The largest absolute Gasteiger partial charge is 0.543 e. The van der Waals surface area contributed by atoms with Crippen LogP contribution in [0.5, 0.6) is 5.75 Å². The molecule has 1 fully saturated rings. The Balaban J connectivity index is 1.47. The summed E-state index contributed by atoms with van der Waals surface area (Å²) in [5.41, 5.74) is 2.77. The molecule has 0 spiro atoms. The second-order valence-electron chi connectivity index (χ2n) is 12.5. The first-order chi connectivity index (χ1) is 19.7. The topological polar surface area (TPSA) is 127 Å². The molecule has 1 N–H and O–H groups in total. The fourth-order valence-electron chi connectivity index (χ4n) is 4.58. The normalized spacial score (nSPS) is 17.5. The van der Waals surface area contributed by atoms with Crippen LogP contribution in [0.4, 0.5) is 0 Å². The highest BCUT2D eigenvalue weighted by Gasteiger charge is 2.39. The number of benzene rings is 1. The minimum atomic E-state index is -3.95. The Morgan fingerprint density at radius 2 is 1.93 bits per heavy atom. The summed E-state index contributed by atoms with van der Waals surface area (Å²) in [6.07, 6.45) is 7.08. The summed E-state index contributed by atoms with van der Waals surface area (Å²) in [6.45, 7) is 15.4. The number of nitrogens with zero attached hydrogens (tertiary/aromatic N) is 4. The Morgan fingerprint density at radius 3 is 2.62 bits per heavy atom. The van der Waals surface area contributed by atoms with E-state index in [2.05, 4.69) is 57.2 Å². The number of hydrogen-bond acceptors (Lipinski definition) is 8. The smallest absolute Gasteiger partial charge is 0.264 e. The van der Waals surface area contributed by atoms with E-state index in [4.69, 9.17) is 28.3 Å². The van der Waals surface area contributed by atoms with Crippen molar-refractivity contribution in [3.05, 3.63) is 30.6 Å². The van der Waals surface area contributed by atoms with Gasteiger partial charge in [0.2, 0.25) is 8.32 Å². The van der Waals surface area contributed by atoms with Gasteiger partial charge in [0.15, 0.2) is 6.23 Å². The number of rotatable bonds is 14. The van der Waals surface area contributed by atoms with Gasteiger partial charge in [0.1, 0.15) is 11.4 Å². The lowest BCUT2D eigenvalue weighted by Crippen LogP contribution is -2.43. The lowest BCUT2D eigenvalue weighted by atomic mass is 10.1. The van der Waals surface area contributed by atoms with E-state index in [1.54, 1.807) is 0 Å². The van der Waals surface area contributed by atoms with Crippen LogP contribution in [0, 0.1) is 0 Å². The zero-order chi connectivity index (χ0) is 30.5. The van der Waals surface area contributed by atoms with Crippen LogP contribution in [-0.4, -0.2) is 79.6 Å². The van der Waals surface area contributed by atoms with Crippen LogP contribution >= 0.6 is 0 Å². The Kier molecular flexibility index (Phi) is 10.5. The molecule has 2 aromatic heterocycles. The van der Waals surface area contributed by atoms with Crippen molar-refractivity contribution in [2.24, 2.45) is 0 Å². The van der Waals surface area contributed by atoms with E-state index in [1.165, 1.54) is 0 Å². The van der Waals surface area contributed by atoms with Crippen LogP contribution in [0.2, 0.25) is 18.1 Å². The molecule has 1 aliphatic heterocycles. The van der Waals surface area contributed by atoms with Gasteiger partial charge in [-0.25, -0.2) is 4.68 Å². The third-order valence-electron chi connectivity index (χ3n) is 8.03. The van der Waals surface area contributed by atoms with Gasteiger partial charge in [0, 0.05) is 30.4 Å². The molecule has 13 heteroatoms. The van der Waals surface area contributed by atoms with Crippen LogP contribution < -0.4 is 4.43 Å². The summed E-state index contributed by atoms with van der Waals surface area (Å²) in [7, 11) is -5.98. The Labute approximate surface area is 250 Å². The molecule has 0 saturated carbocycles. The van der Waals surface area contributed by atoms with E-state index >= 15 is 0 Å². The zero-order valence-corrected chi connectivity index (χ0v) is 27.5. The van der Waals surface area contributed by atoms with E-state index in [0.29, 0.717) is 19.8 Å². The molecule has 1 aromatic carbocycles. The number of fused-ring (bicyclic) bond motifs is 1. The molecule has 1 saturated heterocycles. The van der Waals surface area contributed by atoms with Crippen molar-refractivity contribution in [1.29, 1.82) is 0 Å². The van der Waals surface area contributed by atoms with Gasteiger partial charge in [0.25, 0.3) is 10.1 Å². The van der Waals surface area contributed by atoms with Gasteiger partial charge in [-0.05, 0) is 68.9 Å². The molecule has 0 aliphatic carbocycles. The molecule has 4 rings (SSSR count). The standard InChI is InChI=1S/C29H46N4O7SSi/c1-22(21-38-16-15-37-13-9-17-41(34,35)36)32-20-23(19-30-32)28-25-18-24(40-42(5,6)29(2,3)4)11-12-26(25)33(31-28)27-10-7-8-14-39-27/h11-12,18-20,22,27H,7-10,13-17,21H2,1-6H3,(H,34,35,36)/t22-,27?/m0/s1. The average molecular weight is 623 g/mol. The average Bonchev–Trinajstić information content (AvgIpc) is 3.54. The van der Waals surface area contributed by atoms with Crippen molar-refractivity contribution in [3.63, 3.8) is 0 Å². The molecule has 0 bridgehead atoms. The Bertz CT molecular complexity index is 1430. The van der Waals surface area contributed by atoms with Gasteiger partial charge in [-0.2, -0.15) is 18.6 Å². The second-order valence-corrected chi connectivity index (χ2v) is 18.8. The van der Waals surface area contributed by atoms with Gasteiger partial charge in [0.05, 0.1) is 43.3 Å². The van der Waals surface area contributed by atoms with Gasteiger partial charge in [-0.1, -0.05) is 20.8 Å². The van der Waals surface area contributed by atoms with Crippen LogP contribution in [0.25, 0.3) is 22.2 Å². The molecule has 1 aliphatic rings. The summed E-state index contributed by atoms with van der Waals surface area (Å²) in [5, 5.41) is 10.8. The Morgan fingerprint density at radius 1 is 1.17 bits per heavy atom. The quantitative estimate of drug-likeness (QED) is 0.134. The molecular formula is C29H46N4O7SSi. The summed E-state index contributed by atoms with van der Waals surface area (Å²) < 4.78 is 58.1. The highest BCUT2D eigenvalue weighted by atomic mass is 32.2. The maximum Gasteiger partial charge on any atom is 0.264 e. The van der Waals surface area contributed by atoms with Crippen LogP contribution in [0.3, 0.4) is 0 Å². The van der Waals surface area contributed by atoms with Crippen LogP contribution in [0.1, 0.15) is 65.6 Å². The van der Waals surface area contributed by atoms with Crippen molar-refractivity contribution in [2.45, 2.75) is 83.8 Å². The van der Waals surface area contributed by atoms with Crippen molar-refractivity contribution in [3.8, 4) is 17.0 Å². The third kappa shape index (κ3) is 8.41. The predicted octanol–water partition coefficient (Wildman–Crippen LogP) is 5.86. The van der Waals surface area contributed by atoms with E-state index < -0.39 is 18.4 Å². The van der Waals surface area contributed by atoms with Crippen molar-refractivity contribution < 1.29 is 31.6 Å². The minimum absolute atomic E-state index is 0.0224. The molecule has 42 heavy (non-hydrogen) atoms. The van der Waals surface area contributed by atoms with E-state index in [0.717, 1.165) is 53.8 Å².